The molecule has 0 aromatic heterocycles. The first-order chi connectivity index (χ1) is 15.1. The van der Waals surface area contributed by atoms with Gasteiger partial charge in [-0.1, -0.05) is 55.8 Å². The van der Waals surface area contributed by atoms with E-state index in [9.17, 15) is 13.2 Å². The number of hydrogen-bond acceptors (Lipinski definition) is 4. The lowest BCUT2D eigenvalue weighted by Crippen LogP contribution is -2.40. The Kier molecular flexibility index (Phi) is 7.26. The summed E-state index contributed by atoms with van der Waals surface area (Å²) in [6.07, 6.45) is 0. The molecule has 0 saturated heterocycles. The van der Waals surface area contributed by atoms with Crippen molar-refractivity contribution in [3.8, 4) is 5.75 Å². The summed E-state index contributed by atoms with van der Waals surface area (Å²) >= 11 is 5.93. The summed E-state index contributed by atoms with van der Waals surface area (Å²) in [7, 11) is -4.20. The van der Waals surface area contributed by atoms with Crippen molar-refractivity contribution in [1.82, 2.24) is 0 Å². The second-order valence-electron chi connectivity index (χ2n) is 7.89. The Balaban J connectivity index is 2.02. The van der Waals surface area contributed by atoms with E-state index in [0.29, 0.717) is 22.0 Å². The SMILES string of the molecule is Cc1ccc(C)c(N(C(=O)COc2ccccc2C(C)C)S(=O)(=O)c2ccc(Cl)cc2)c1. The van der Waals surface area contributed by atoms with Crippen LogP contribution in [0.1, 0.15) is 36.5 Å². The van der Waals surface area contributed by atoms with E-state index in [1.165, 1.54) is 24.3 Å². The molecule has 0 unspecified atom stereocenters. The first-order valence-corrected chi connectivity index (χ1v) is 12.1. The highest BCUT2D eigenvalue weighted by Crippen LogP contribution is 2.30. The number of benzene rings is 3. The highest BCUT2D eigenvalue weighted by Gasteiger charge is 2.32. The van der Waals surface area contributed by atoms with Crippen LogP contribution in [0.15, 0.2) is 71.6 Å². The first kappa shape index (κ1) is 23.8. The average Bonchev–Trinajstić information content (AvgIpc) is 2.75. The summed E-state index contributed by atoms with van der Waals surface area (Å²) in [6, 6.07) is 18.5. The maximum Gasteiger partial charge on any atom is 0.278 e. The van der Waals surface area contributed by atoms with Gasteiger partial charge in [-0.2, -0.15) is 4.31 Å². The molecule has 168 valence electrons. The molecule has 0 aliphatic heterocycles. The summed E-state index contributed by atoms with van der Waals surface area (Å²) in [5.74, 6) is 0.0575. The fourth-order valence-electron chi connectivity index (χ4n) is 3.34. The number of ether oxygens (including phenoxy) is 1. The number of sulfonamides is 1. The third kappa shape index (κ3) is 5.14. The van der Waals surface area contributed by atoms with Crippen molar-refractivity contribution in [1.29, 1.82) is 0 Å². The number of halogens is 1. The molecule has 3 aromatic carbocycles. The topological polar surface area (TPSA) is 63.7 Å². The molecule has 5 nitrogen and oxygen atoms in total. The van der Waals surface area contributed by atoms with Gasteiger partial charge in [-0.15, -0.1) is 0 Å². The highest BCUT2D eigenvalue weighted by molar-refractivity contribution is 7.93. The number of hydrogen-bond donors (Lipinski definition) is 0. The zero-order valence-corrected chi connectivity index (χ0v) is 20.1. The largest absolute Gasteiger partial charge is 0.483 e. The molecule has 32 heavy (non-hydrogen) atoms. The Morgan fingerprint density at radius 3 is 2.31 bits per heavy atom. The zero-order chi connectivity index (χ0) is 23.5. The Morgan fingerprint density at radius 2 is 1.66 bits per heavy atom. The molecule has 0 spiro atoms. The van der Waals surface area contributed by atoms with Gasteiger partial charge in [0.1, 0.15) is 5.75 Å². The average molecular weight is 472 g/mol. The summed E-state index contributed by atoms with van der Waals surface area (Å²) in [6.45, 7) is 7.23. The molecular formula is C25H26ClNO4S. The molecular weight excluding hydrogens is 446 g/mol. The van der Waals surface area contributed by atoms with Crippen LogP contribution in [-0.2, 0) is 14.8 Å². The predicted octanol–water partition coefficient (Wildman–Crippen LogP) is 5.88. The molecule has 0 aliphatic carbocycles. The molecule has 0 saturated carbocycles. The van der Waals surface area contributed by atoms with Crippen molar-refractivity contribution >= 4 is 33.2 Å². The number of amides is 1. The van der Waals surface area contributed by atoms with Crippen molar-refractivity contribution < 1.29 is 17.9 Å². The van der Waals surface area contributed by atoms with Crippen molar-refractivity contribution in [3.63, 3.8) is 0 Å². The number of anilines is 1. The highest BCUT2D eigenvalue weighted by atomic mass is 35.5. The van der Waals surface area contributed by atoms with Crippen molar-refractivity contribution in [2.75, 3.05) is 10.9 Å². The lowest BCUT2D eigenvalue weighted by Gasteiger charge is -2.25. The maximum atomic E-state index is 13.5. The van der Waals surface area contributed by atoms with Crippen LogP contribution in [0.25, 0.3) is 0 Å². The van der Waals surface area contributed by atoms with E-state index < -0.39 is 22.5 Å². The van der Waals surface area contributed by atoms with Gasteiger partial charge in [0.25, 0.3) is 15.9 Å². The van der Waals surface area contributed by atoms with Crippen molar-refractivity contribution in [2.45, 2.75) is 38.5 Å². The Hall–Kier alpha value is -2.83. The molecule has 0 N–H and O–H groups in total. The number of aryl methyl sites for hydroxylation is 2. The Bertz CT molecular complexity index is 1220. The first-order valence-electron chi connectivity index (χ1n) is 10.2. The van der Waals surface area contributed by atoms with Gasteiger partial charge >= 0.3 is 0 Å². The number of nitrogens with zero attached hydrogens (tertiary/aromatic N) is 1. The zero-order valence-electron chi connectivity index (χ0n) is 18.5. The van der Waals surface area contributed by atoms with E-state index in [2.05, 4.69) is 0 Å². The molecule has 0 fully saturated rings. The van der Waals surface area contributed by atoms with Crippen LogP contribution < -0.4 is 9.04 Å². The lowest BCUT2D eigenvalue weighted by molar-refractivity contribution is -0.119. The molecule has 0 aliphatic rings. The van der Waals surface area contributed by atoms with E-state index in [4.69, 9.17) is 16.3 Å². The molecule has 0 atom stereocenters. The van der Waals surface area contributed by atoms with Gasteiger partial charge in [0, 0.05) is 5.02 Å². The fourth-order valence-corrected chi connectivity index (χ4v) is 4.93. The minimum atomic E-state index is -4.20. The number of para-hydroxylation sites is 1. The second kappa shape index (κ2) is 9.76. The van der Waals surface area contributed by atoms with E-state index in [-0.39, 0.29) is 10.8 Å². The number of carbonyl (C=O) groups excluding carboxylic acids is 1. The maximum absolute atomic E-state index is 13.5. The summed E-state index contributed by atoms with van der Waals surface area (Å²) in [5.41, 5.74) is 2.73. The molecule has 7 heteroatoms. The fraction of sp³-hybridized carbons (Fsp3) is 0.240. The molecule has 0 radical (unpaired) electrons. The Morgan fingerprint density at radius 1 is 1.00 bits per heavy atom. The van der Waals surface area contributed by atoms with Gasteiger partial charge < -0.3 is 4.74 Å². The monoisotopic (exact) mass is 471 g/mol. The minimum absolute atomic E-state index is 0.0289. The minimum Gasteiger partial charge on any atom is -0.483 e. The van der Waals surface area contributed by atoms with E-state index in [1.807, 2.05) is 45.0 Å². The van der Waals surface area contributed by atoms with Gasteiger partial charge in [0.2, 0.25) is 0 Å². The van der Waals surface area contributed by atoms with E-state index in [1.54, 1.807) is 25.1 Å². The van der Waals surface area contributed by atoms with Crippen LogP contribution in [0.5, 0.6) is 5.75 Å². The lowest BCUT2D eigenvalue weighted by atomic mass is 10.0. The van der Waals surface area contributed by atoms with Gasteiger partial charge in [-0.25, -0.2) is 8.42 Å². The van der Waals surface area contributed by atoms with Crippen LogP contribution in [0, 0.1) is 13.8 Å². The number of carbonyl (C=O) groups is 1. The smallest absolute Gasteiger partial charge is 0.278 e. The van der Waals surface area contributed by atoms with E-state index in [0.717, 1.165) is 15.4 Å². The van der Waals surface area contributed by atoms with E-state index >= 15 is 0 Å². The van der Waals surface area contributed by atoms with Gasteiger partial charge in [-0.05, 0) is 72.9 Å². The van der Waals surface area contributed by atoms with Crippen LogP contribution >= 0.6 is 11.6 Å². The third-order valence-electron chi connectivity index (χ3n) is 5.05. The van der Waals surface area contributed by atoms with Crippen LogP contribution in [0.3, 0.4) is 0 Å². The van der Waals surface area contributed by atoms with Gasteiger partial charge in [-0.3, -0.25) is 4.79 Å². The molecule has 0 heterocycles. The summed E-state index contributed by atoms with van der Waals surface area (Å²) in [5, 5.41) is 0.405. The summed E-state index contributed by atoms with van der Waals surface area (Å²) < 4.78 is 33.7. The number of rotatable bonds is 7. The van der Waals surface area contributed by atoms with Gasteiger partial charge in [0.15, 0.2) is 6.61 Å². The van der Waals surface area contributed by atoms with Crippen molar-refractivity contribution in [3.05, 3.63) is 88.4 Å². The molecule has 1 amide bonds. The van der Waals surface area contributed by atoms with Crippen LogP contribution in [-0.4, -0.2) is 20.9 Å². The molecule has 0 bridgehead atoms. The Labute approximate surface area is 194 Å². The second-order valence-corrected chi connectivity index (χ2v) is 10.1. The molecule has 3 rings (SSSR count). The van der Waals surface area contributed by atoms with Gasteiger partial charge in [0.05, 0.1) is 10.6 Å². The standard InChI is InChI=1S/C25H26ClNO4S/c1-17(2)22-7-5-6-8-24(22)31-16-25(28)27(23-15-18(3)9-10-19(23)4)32(29,30)21-13-11-20(26)12-14-21/h5-15,17H,16H2,1-4H3. The third-order valence-corrected chi connectivity index (χ3v) is 7.05. The van der Waals surface area contributed by atoms with Crippen LogP contribution in [0.4, 0.5) is 5.69 Å². The quantitative estimate of drug-likeness (QED) is 0.431. The summed E-state index contributed by atoms with van der Waals surface area (Å²) in [4.78, 5) is 13.3. The van der Waals surface area contributed by atoms with Crippen LogP contribution in [0.2, 0.25) is 5.02 Å². The predicted molar refractivity (Wildman–Crippen MR) is 128 cm³/mol. The normalized spacial score (nSPS) is 11.4. The van der Waals surface area contributed by atoms with Crippen molar-refractivity contribution in [2.24, 2.45) is 0 Å². The molecule has 3 aromatic rings.